The van der Waals surface area contributed by atoms with Gasteiger partial charge in [0.05, 0.1) is 10.6 Å². The van der Waals surface area contributed by atoms with E-state index in [9.17, 15) is 18.0 Å². The number of halogens is 1. The lowest BCUT2D eigenvalue weighted by Crippen LogP contribution is -2.53. The van der Waals surface area contributed by atoms with Gasteiger partial charge in [0.15, 0.2) is 0 Å². The molecule has 0 aliphatic heterocycles. The van der Waals surface area contributed by atoms with Crippen molar-refractivity contribution in [1.82, 2.24) is 10.2 Å². The van der Waals surface area contributed by atoms with Crippen molar-refractivity contribution >= 4 is 39.1 Å². The fourth-order valence-electron chi connectivity index (χ4n) is 4.86. The molecule has 224 valence electrons. The van der Waals surface area contributed by atoms with Gasteiger partial charge in [-0.1, -0.05) is 83.9 Å². The third-order valence-corrected chi connectivity index (χ3v) is 9.54. The number of anilines is 1. The van der Waals surface area contributed by atoms with E-state index >= 15 is 0 Å². The van der Waals surface area contributed by atoms with Crippen LogP contribution in [0.3, 0.4) is 0 Å². The van der Waals surface area contributed by atoms with E-state index in [1.807, 2.05) is 57.2 Å². The van der Waals surface area contributed by atoms with Crippen LogP contribution in [0.15, 0.2) is 102 Å². The van der Waals surface area contributed by atoms with Gasteiger partial charge < -0.3 is 10.2 Å². The molecule has 4 aromatic rings. The summed E-state index contributed by atoms with van der Waals surface area (Å²) in [4.78, 5) is 29.3. The minimum absolute atomic E-state index is 0.0724. The average molecular weight is 618 g/mol. The van der Waals surface area contributed by atoms with Gasteiger partial charge >= 0.3 is 0 Å². The third-order valence-electron chi connectivity index (χ3n) is 7.52. The standard InChI is InChI=1S/C34H36ClN3O4S/c1-24-13-19-30(20-14-24)43(41,42)38(31-12-8-9-25(2)26(31)3)23-33(39)37(22-28-15-17-29(35)18-16-28)32(34(40)36-4)21-27-10-6-5-7-11-27/h5-20,32H,21-23H2,1-4H3,(H,36,40)/t32-/m1/s1. The zero-order chi connectivity index (χ0) is 31.1. The number of nitrogens with zero attached hydrogens (tertiary/aromatic N) is 2. The zero-order valence-corrected chi connectivity index (χ0v) is 26.3. The minimum atomic E-state index is -4.16. The van der Waals surface area contributed by atoms with Crippen molar-refractivity contribution in [3.63, 3.8) is 0 Å². The number of nitrogens with one attached hydrogen (secondary N) is 1. The minimum Gasteiger partial charge on any atom is -0.357 e. The molecule has 0 unspecified atom stereocenters. The first-order valence-corrected chi connectivity index (χ1v) is 15.8. The Hall–Kier alpha value is -4.14. The lowest BCUT2D eigenvalue weighted by atomic mass is 10.0. The predicted molar refractivity (Wildman–Crippen MR) is 172 cm³/mol. The summed E-state index contributed by atoms with van der Waals surface area (Å²) in [7, 11) is -2.64. The molecule has 0 saturated heterocycles. The Morgan fingerprint density at radius 2 is 1.47 bits per heavy atom. The maximum Gasteiger partial charge on any atom is 0.264 e. The molecule has 0 heterocycles. The van der Waals surface area contributed by atoms with Gasteiger partial charge in [0, 0.05) is 25.0 Å². The number of benzene rings is 4. The molecule has 4 aromatic carbocycles. The largest absolute Gasteiger partial charge is 0.357 e. The van der Waals surface area contributed by atoms with Gasteiger partial charge in [-0.05, 0) is 73.4 Å². The maximum absolute atomic E-state index is 14.4. The monoisotopic (exact) mass is 617 g/mol. The summed E-state index contributed by atoms with van der Waals surface area (Å²) in [6.45, 7) is 5.18. The van der Waals surface area contributed by atoms with Crippen molar-refractivity contribution < 1.29 is 18.0 Å². The Labute approximate surface area is 259 Å². The van der Waals surface area contributed by atoms with Crippen LogP contribution in [0, 0.1) is 20.8 Å². The molecule has 0 aliphatic rings. The summed E-state index contributed by atoms with van der Waals surface area (Å²) < 4.78 is 29.5. The number of hydrogen-bond acceptors (Lipinski definition) is 4. The first kappa shape index (κ1) is 31.8. The fourth-order valence-corrected chi connectivity index (χ4v) is 6.46. The molecule has 0 aliphatic carbocycles. The molecule has 1 atom stereocenters. The predicted octanol–water partition coefficient (Wildman–Crippen LogP) is 5.85. The van der Waals surface area contributed by atoms with Crippen LogP contribution in [0.1, 0.15) is 27.8 Å². The van der Waals surface area contributed by atoms with Crippen LogP contribution in [0.2, 0.25) is 5.02 Å². The van der Waals surface area contributed by atoms with Crippen molar-refractivity contribution in [3.05, 3.63) is 130 Å². The van der Waals surface area contributed by atoms with Gasteiger partial charge in [-0.3, -0.25) is 13.9 Å². The Morgan fingerprint density at radius 3 is 2.09 bits per heavy atom. The Balaban J connectivity index is 1.81. The van der Waals surface area contributed by atoms with Crippen LogP contribution in [0.5, 0.6) is 0 Å². The Morgan fingerprint density at radius 1 is 0.814 bits per heavy atom. The van der Waals surface area contributed by atoms with Gasteiger partial charge in [-0.15, -0.1) is 0 Å². The molecule has 0 saturated carbocycles. The van der Waals surface area contributed by atoms with Crippen LogP contribution >= 0.6 is 11.6 Å². The molecule has 1 N–H and O–H groups in total. The van der Waals surface area contributed by atoms with Crippen LogP contribution in [0.25, 0.3) is 0 Å². The molecule has 0 bridgehead atoms. The number of rotatable bonds is 11. The van der Waals surface area contributed by atoms with E-state index in [4.69, 9.17) is 11.6 Å². The zero-order valence-electron chi connectivity index (χ0n) is 24.7. The molecule has 0 fully saturated rings. The van der Waals surface area contributed by atoms with Crippen molar-refractivity contribution in [2.45, 2.75) is 44.7 Å². The second-order valence-corrected chi connectivity index (χ2v) is 12.8. The summed E-state index contributed by atoms with van der Waals surface area (Å²) in [6.07, 6.45) is 0.244. The highest BCUT2D eigenvalue weighted by Gasteiger charge is 2.34. The normalized spacial score (nSPS) is 11.9. The highest BCUT2D eigenvalue weighted by molar-refractivity contribution is 7.92. The number of carbonyl (C=O) groups is 2. The lowest BCUT2D eigenvalue weighted by Gasteiger charge is -2.34. The van der Waals surface area contributed by atoms with Gasteiger partial charge in [-0.2, -0.15) is 0 Å². The molecular weight excluding hydrogens is 582 g/mol. The van der Waals surface area contributed by atoms with Crippen LogP contribution in [-0.2, 0) is 32.6 Å². The summed E-state index contributed by atoms with van der Waals surface area (Å²) in [6, 6.07) is 27.4. The Kier molecular flexibility index (Phi) is 10.3. The molecule has 4 rings (SSSR count). The SMILES string of the molecule is CNC(=O)[C@@H](Cc1ccccc1)N(Cc1ccc(Cl)cc1)C(=O)CN(c1cccc(C)c1C)S(=O)(=O)c1ccc(C)cc1. The molecular formula is C34H36ClN3O4S. The van der Waals surface area contributed by atoms with Crippen LogP contribution < -0.4 is 9.62 Å². The summed E-state index contributed by atoms with van der Waals surface area (Å²) >= 11 is 6.12. The molecule has 9 heteroatoms. The summed E-state index contributed by atoms with van der Waals surface area (Å²) in [5.74, 6) is -0.873. The van der Waals surface area contributed by atoms with E-state index in [0.29, 0.717) is 10.7 Å². The second-order valence-electron chi connectivity index (χ2n) is 10.5. The van der Waals surface area contributed by atoms with E-state index in [1.165, 1.54) is 11.9 Å². The van der Waals surface area contributed by atoms with Gasteiger partial charge in [0.1, 0.15) is 12.6 Å². The maximum atomic E-state index is 14.4. The molecule has 43 heavy (non-hydrogen) atoms. The number of aryl methyl sites for hydroxylation is 2. The number of hydrogen-bond donors (Lipinski definition) is 1. The van der Waals surface area contributed by atoms with E-state index in [2.05, 4.69) is 5.32 Å². The van der Waals surface area contributed by atoms with Gasteiger partial charge in [-0.25, -0.2) is 8.42 Å². The van der Waals surface area contributed by atoms with Crippen molar-refractivity contribution in [2.24, 2.45) is 0 Å². The summed E-state index contributed by atoms with van der Waals surface area (Å²) in [5, 5.41) is 3.23. The average Bonchev–Trinajstić information content (AvgIpc) is 3.00. The highest BCUT2D eigenvalue weighted by Crippen LogP contribution is 2.29. The van der Waals surface area contributed by atoms with Crippen LogP contribution in [-0.4, -0.2) is 44.8 Å². The van der Waals surface area contributed by atoms with Crippen LogP contribution in [0.4, 0.5) is 5.69 Å². The first-order chi connectivity index (χ1) is 20.5. The van der Waals surface area contributed by atoms with Crippen molar-refractivity contribution in [1.29, 1.82) is 0 Å². The van der Waals surface area contributed by atoms with Gasteiger partial charge in [0.2, 0.25) is 11.8 Å². The molecule has 0 spiro atoms. The van der Waals surface area contributed by atoms with E-state index in [-0.39, 0.29) is 23.8 Å². The fraction of sp³-hybridized carbons (Fsp3) is 0.235. The van der Waals surface area contributed by atoms with E-state index in [0.717, 1.165) is 32.1 Å². The van der Waals surface area contributed by atoms with Crippen molar-refractivity contribution in [3.8, 4) is 0 Å². The number of carbonyl (C=O) groups excluding carboxylic acids is 2. The number of sulfonamides is 1. The number of likely N-dealkylation sites (N-methyl/N-ethyl adjacent to an activating group) is 1. The third kappa shape index (κ3) is 7.63. The quantitative estimate of drug-likeness (QED) is 0.229. The van der Waals surface area contributed by atoms with Gasteiger partial charge in [0.25, 0.3) is 10.0 Å². The van der Waals surface area contributed by atoms with Crippen molar-refractivity contribution in [2.75, 3.05) is 17.9 Å². The molecule has 0 radical (unpaired) electrons. The smallest absolute Gasteiger partial charge is 0.264 e. The molecule has 2 amide bonds. The Bertz CT molecular complexity index is 1680. The lowest BCUT2D eigenvalue weighted by molar-refractivity contribution is -0.139. The van der Waals surface area contributed by atoms with E-state index < -0.39 is 28.5 Å². The molecule has 0 aromatic heterocycles. The first-order valence-electron chi connectivity index (χ1n) is 14.0. The number of amides is 2. The second kappa shape index (κ2) is 13.9. The summed E-state index contributed by atoms with van der Waals surface area (Å²) in [5.41, 5.74) is 4.56. The van der Waals surface area contributed by atoms with E-state index in [1.54, 1.807) is 60.7 Å². The molecule has 7 nitrogen and oxygen atoms in total. The highest BCUT2D eigenvalue weighted by atomic mass is 35.5. The topological polar surface area (TPSA) is 86.8 Å².